The molecule has 0 saturated carbocycles. The largest absolute Gasteiger partial charge is 0.322 e. The summed E-state index contributed by atoms with van der Waals surface area (Å²) in [6.07, 6.45) is 1.72. The summed E-state index contributed by atoms with van der Waals surface area (Å²) < 4.78 is 15.5. The number of nitrogens with one attached hydrogen (secondary N) is 1. The van der Waals surface area contributed by atoms with E-state index in [-0.39, 0.29) is 18.1 Å². The summed E-state index contributed by atoms with van der Waals surface area (Å²) in [5, 5.41) is 8.05. The minimum atomic E-state index is -0.467. The normalized spacial score (nSPS) is 11.0. The number of nitrogens with zero attached hydrogens (tertiary/aromatic N) is 3. The zero-order valence-electron chi connectivity index (χ0n) is 16.5. The number of aryl methyl sites for hydroxylation is 3. The van der Waals surface area contributed by atoms with Crippen molar-refractivity contribution in [3.05, 3.63) is 77.4 Å². The van der Waals surface area contributed by atoms with E-state index in [4.69, 9.17) is 0 Å². The van der Waals surface area contributed by atoms with Gasteiger partial charge >= 0.3 is 0 Å². The maximum atomic E-state index is 13.9. The zero-order chi connectivity index (χ0) is 20.5. The Morgan fingerprint density at radius 1 is 1.03 bits per heavy atom. The van der Waals surface area contributed by atoms with Crippen LogP contribution in [0.4, 0.5) is 10.1 Å². The number of carbonyl (C=O) groups is 1. The van der Waals surface area contributed by atoms with Crippen LogP contribution >= 0.6 is 0 Å². The number of aromatic nitrogens is 3. The average Bonchev–Trinajstić information content (AvgIpc) is 3.01. The molecule has 6 heteroatoms. The molecule has 0 saturated heterocycles. The van der Waals surface area contributed by atoms with Crippen LogP contribution in [0, 0.1) is 26.6 Å². The third-order valence-electron chi connectivity index (χ3n) is 4.86. The summed E-state index contributed by atoms with van der Waals surface area (Å²) in [7, 11) is 0. The Balaban J connectivity index is 1.67. The third-order valence-corrected chi connectivity index (χ3v) is 4.86. The second-order valence-corrected chi connectivity index (χ2v) is 7.20. The van der Waals surface area contributed by atoms with Crippen molar-refractivity contribution in [1.82, 2.24) is 14.8 Å². The molecule has 0 fully saturated rings. The first-order valence-corrected chi connectivity index (χ1v) is 9.37. The van der Waals surface area contributed by atoms with E-state index in [0.717, 1.165) is 27.8 Å². The molecule has 0 bridgehead atoms. The number of pyridine rings is 1. The molecule has 0 atom stereocenters. The molecule has 1 N–H and O–H groups in total. The molecule has 4 aromatic rings. The number of carbonyl (C=O) groups excluding carboxylic acids is 1. The summed E-state index contributed by atoms with van der Waals surface area (Å²) in [6, 6.07) is 14.8. The Morgan fingerprint density at radius 3 is 2.52 bits per heavy atom. The van der Waals surface area contributed by atoms with Gasteiger partial charge in [-0.05, 0) is 55.7 Å². The first-order valence-electron chi connectivity index (χ1n) is 9.37. The molecule has 146 valence electrons. The summed E-state index contributed by atoms with van der Waals surface area (Å²) in [6.45, 7) is 5.74. The lowest BCUT2D eigenvalue weighted by molar-refractivity contribution is -0.116. The summed E-state index contributed by atoms with van der Waals surface area (Å²) >= 11 is 0. The Morgan fingerprint density at radius 2 is 1.76 bits per heavy atom. The number of hydrogen-bond acceptors (Lipinski definition) is 3. The standard InChI is InChI=1S/C23H21FN4O/c1-14-4-7-17(8-5-14)18-10-11-25-23-22(18)16(3)27-28(23)13-21(29)26-20-12-15(2)6-9-19(20)24/h4-12H,13H2,1-3H3,(H,26,29). The van der Waals surface area contributed by atoms with E-state index in [9.17, 15) is 9.18 Å². The predicted octanol–water partition coefficient (Wildman–Crippen LogP) is 4.80. The highest BCUT2D eigenvalue weighted by atomic mass is 19.1. The van der Waals surface area contributed by atoms with Crippen LogP contribution in [-0.4, -0.2) is 20.7 Å². The first-order chi connectivity index (χ1) is 13.9. The van der Waals surface area contributed by atoms with Crippen molar-refractivity contribution < 1.29 is 9.18 Å². The van der Waals surface area contributed by atoms with E-state index in [0.29, 0.717) is 5.65 Å². The Labute approximate surface area is 168 Å². The Kier molecular flexibility index (Phi) is 4.84. The number of halogens is 1. The van der Waals surface area contributed by atoms with Gasteiger partial charge in [-0.25, -0.2) is 14.1 Å². The van der Waals surface area contributed by atoms with Gasteiger partial charge in [0.15, 0.2) is 5.65 Å². The number of rotatable bonds is 4. The lowest BCUT2D eigenvalue weighted by Gasteiger charge is -2.08. The monoisotopic (exact) mass is 388 g/mol. The van der Waals surface area contributed by atoms with E-state index >= 15 is 0 Å². The molecule has 29 heavy (non-hydrogen) atoms. The number of amides is 1. The second kappa shape index (κ2) is 7.47. The molecule has 2 aromatic carbocycles. The number of anilines is 1. The van der Waals surface area contributed by atoms with Gasteiger partial charge in [0.05, 0.1) is 11.4 Å². The molecule has 0 aliphatic carbocycles. The smallest absolute Gasteiger partial charge is 0.246 e. The first kappa shape index (κ1) is 18.8. The molecule has 1 amide bonds. The van der Waals surface area contributed by atoms with Crippen molar-refractivity contribution >= 4 is 22.6 Å². The fourth-order valence-corrected chi connectivity index (χ4v) is 3.43. The van der Waals surface area contributed by atoms with Crippen molar-refractivity contribution in [1.29, 1.82) is 0 Å². The van der Waals surface area contributed by atoms with Gasteiger partial charge in [-0.1, -0.05) is 35.9 Å². The molecular formula is C23H21FN4O. The van der Waals surface area contributed by atoms with Gasteiger partial charge in [0.2, 0.25) is 5.91 Å². The highest BCUT2D eigenvalue weighted by molar-refractivity contribution is 5.96. The van der Waals surface area contributed by atoms with Crippen LogP contribution < -0.4 is 5.32 Å². The second-order valence-electron chi connectivity index (χ2n) is 7.20. The minimum Gasteiger partial charge on any atom is -0.322 e. The van der Waals surface area contributed by atoms with Crippen LogP contribution in [0.2, 0.25) is 0 Å². The average molecular weight is 388 g/mol. The zero-order valence-corrected chi connectivity index (χ0v) is 16.5. The molecule has 0 aliphatic rings. The van der Waals surface area contributed by atoms with Crippen molar-refractivity contribution in [2.24, 2.45) is 0 Å². The van der Waals surface area contributed by atoms with E-state index < -0.39 is 5.82 Å². The van der Waals surface area contributed by atoms with Crippen LogP contribution in [0.15, 0.2) is 54.7 Å². The van der Waals surface area contributed by atoms with Gasteiger partial charge in [0.25, 0.3) is 0 Å². The lowest BCUT2D eigenvalue weighted by atomic mass is 10.0. The van der Waals surface area contributed by atoms with E-state index in [2.05, 4.69) is 39.7 Å². The van der Waals surface area contributed by atoms with Crippen molar-refractivity contribution in [2.75, 3.05) is 5.32 Å². The van der Waals surface area contributed by atoms with Gasteiger partial charge in [-0.2, -0.15) is 5.10 Å². The third kappa shape index (κ3) is 3.74. The molecule has 5 nitrogen and oxygen atoms in total. The number of hydrogen-bond donors (Lipinski definition) is 1. The van der Waals surface area contributed by atoms with E-state index in [1.165, 1.54) is 11.6 Å². The maximum Gasteiger partial charge on any atom is 0.246 e. The van der Waals surface area contributed by atoms with Crippen LogP contribution in [0.1, 0.15) is 16.8 Å². The van der Waals surface area contributed by atoms with Gasteiger partial charge in [0, 0.05) is 11.6 Å². The van der Waals surface area contributed by atoms with Crippen LogP contribution in [0.25, 0.3) is 22.2 Å². The van der Waals surface area contributed by atoms with Gasteiger partial charge < -0.3 is 5.32 Å². The fraction of sp³-hybridized carbons (Fsp3) is 0.174. The van der Waals surface area contributed by atoms with Crippen LogP contribution in [-0.2, 0) is 11.3 Å². The Hall–Kier alpha value is -3.54. The molecule has 2 aromatic heterocycles. The lowest BCUT2D eigenvalue weighted by Crippen LogP contribution is -2.20. The molecule has 0 aliphatic heterocycles. The van der Waals surface area contributed by atoms with Gasteiger partial charge in [0.1, 0.15) is 12.4 Å². The molecule has 0 unspecified atom stereocenters. The molecule has 0 spiro atoms. The molecular weight excluding hydrogens is 367 g/mol. The highest BCUT2D eigenvalue weighted by Crippen LogP contribution is 2.30. The van der Waals surface area contributed by atoms with E-state index in [1.54, 1.807) is 23.0 Å². The van der Waals surface area contributed by atoms with Crippen molar-refractivity contribution in [2.45, 2.75) is 27.3 Å². The minimum absolute atomic E-state index is 0.0535. The van der Waals surface area contributed by atoms with E-state index in [1.807, 2.05) is 26.8 Å². The fourth-order valence-electron chi connectivity index (χ4n) is 3.43. The van der Waals surface area contributed by atoms with Crippen LogP contribution in [0.3, 0.4) is 0 Å². The summed E-state index contributed by atoms with van der Waals surface area (Å²) in [5.74, 6) is -0.827. The number of benzene rings is 2. The van der Waals surface area contributed by atoms with Crippen LogP contribution in [0.5, 0.6) is 0 Å². The Bertz CT molecular complexity index is 1210. The molecule has 4 rings (SSSR count). The van der Waals surface area contributed by atoms with Crippen molar-refractivity contribution in [3.8, 4) is 11.1 Å². The summed E-state index contributed by atoms with van der Waals surface area (Å²) in [4.78, 5) is 17.0. The summed E-state index contributed by atoms with van der Waals surface area (Å²) in [5.41, 5.74) is 5.72. The van der Waals surface area contributed by atoms with Gasteiger partial charge in [-0.15, -0.1) is 0 Å². The number of fused-ring (bicyclic) bond motifs is 1. The molecule has 0 radical (unpaired) electrons. The highest BCUT2D eigenvalue weighted by Gasteiger charge is 2.16. The van der Waals surface area contributed by atoms with Gasteiger partial charge in [-0.3, -0.25) is 4.79 Å². The van der Waals surface area contributed by atoms with Crippen molar-refractivity contribution in [3.63, 3.8) is 0 Å². The maximum absolute atomic E-state index is 13.9. The molecule has 2 heterocycles. The SMILES string of the molecule is Cc1ccc(-c2ccnc3c2c(C)nn3CC(=O)Nc2cc(C)ccc2F)cc1. The quantitative estimate of drug-likeness (QED) is 0.546. The predicted molar refractivity (Wildman–Crippen MR) is 112 cm³/mol. The topological polar surface area (TPSA) is 59.8 Å².